The molecule has 0 spiro atoms. The Labute approximate surface area is 128 Å². The zero-order valence-corrected chi connectivity index (χ0v) is 13.1. The molecule has 0 aliphatic heterocycles. The molecule has 0 aliphatic carbocycles. The van der Waals surface area contributed by atoms with E-state index in [2.05, 4.69) is 10.6 Å². The molecular formula is C13H23N3O6. The quantitative estimate of drug-likeness (QED) is 0.508. The van der Waals surface area contributed by atoms with Crippen LogP contribution in [0.15, 0.2) is 0 Å². The Kier molecular flexibility index (Phi) is 7.34. The maximum Gasteiger partial charge on any atom is 0.408 e. The third-order valence-corrected chi connectivity index (χ3v) is 2.43. The van der Waals surface area contributed by atoms with Gasteiger partial charge in [0.2, 0.25) is 11.8 Å². The molecular weight excluding hydrogens is 294 g/mol. The lowest BCUT2D eigenvalue weighted by atomic mass is 10.1. The molecule has 126 valence electrons. The summed E-state index contributed by atoms with van der Waals surface area (Å²) in [5.74, 6) is -2.63. The summed E-state index contributed by atoms with van der Waals surface area (Å²) in [6.45, 7) is 6.42. The number of hydrogen-bond acceptors (Lipinski definition) is 5. The first-order valence-electron chi connectivity index (χ1n) is 6.73. The first-order valence-corrected chi connectivity index (χ1v) is 6.73. The Bertz CT molecular complexity index is 444. The lowest BCUT2D eigenvalue weighted by Gasteiger charge is -2.22. The van der Waals surface area contributed by atoms with Crippen LogP contribution in [0.4, 0.5) is 4.79 Å². The molecule has 0 aromatic heterocycles. The molecule has 2 atom stereocenters. The summed E-state index contributed by atoms with van der Waals surface area (Å²) >= 11 is 0. The summed E-state index contributed by atoms with van der Waals surface area (Å²) in [6, 6.07) is -2.09. The Balaban J connectivity index is 4.50. The standard InChI is InChI=1S/C13H23N3O6/c1-7(15-12(21)22-13(2,3)4)11(20)16-8(10(14)19)5-6-9(17)18/h7-8H,5-6H2,1-4H3,(H2,14,19)(H,15,21)(H,16,20)(H,17,18)/t7-,8?/m0/s1. The minimum atomic E-state index is -1.12. The van der Waals surface area contributed by atoms with Crippen LogP contribution in [-0.4, -0.2) is 46.7 Å². The Morgan fingerprint density at radius 1 is 1.18 bits per heavy atom. The van der Waals surface area contributed by atoms with Gasteiger partial charge >= 0.3 is 12.1 Å². The van der Waals surface area contributed by atoms with Crippen molar-refractivity contribution in [2.45, 2.75) is 58.2 Å². The summed E-state index contributed by atoms with van der Waals surface area (Å²) in [5, 5.41) is 13.2. The predicted octanol–water partition coefficient (Wildman–Crippen LogP) is -0.265. The van der Waals surface area contributed by atoms with E-state index >= 15 is 0 Å². The molecule has 0 heterocycles. The molecule has 0 saturated carbocycles. The molecule has 9 heteroatoms. The minimum Gasteiger partial charge on any atom is -0.481 e. The maximum absolute atomic E-state index is 11.9. The highest BCUT2D eigenvalue weighted by Gasteiger charge is 2.25. The van der Waals surface area contributed by atoms with Crippen LogP contribution in [0.3, 0.4) is 0 Å². The lowest BCUT2D eigenvalue weighted by molar-refractivity contribution is -0.137. The smallest absolute Gasteiger partial charge is 0.408 e. The van der Waals surface area contributed by atoms with Gasteiger partial charge in [0.25, 0.3) is 0 Å². The summed E-state index contributed by atoms with van der Waals surface area (Å²) in [7, 11) is 0. The summed E-state index contributed by atoms with van der Waals surface area (Å²) < 4.78 is 4.99. The van der Waals surface area contributed by atoms with Gasteiger partial charge in [0.1, 0.15) is 17.7 Å². The third kappa shape index (κ3) is 8.77. The van der Waals surface area contributed by atoms with Crippen molar-refractivity contribution in [2.24, 2.45) is 5.73 Å². The molecule has 0 aliphatic rings. The number of carboxylic acids is 1. The topological polar surface area (TPSA) is 148 Å². The fourth-order valence-corrected chi connectivity index (χ4v) is 1.40. The number of hydrogen-bond donors (Lipinski definition) is 4. The van der Waals surface area contributed by atoms with Gasteiger partial charge in [-0.1, -0.05) is 0 Å². The van der Waals surface area contributed by atoms with Gasteiger partial charge in [0.15, 0.2) is 0 Å². The minimum absolute atomic E-state index is 0.129. The van der Waals surface area contributed by atoms with Crippen LogP contribution < -0.4 is 16.4 Å². The van der Waals surface area contributed by atoms with E-state index in [1.54, 1.807) is 20.8 Å². The second-order valence-corrected chi connectivity index (χ2v) is 5.76. The van der Waals surface area contributed by atoms with E-state index in [9.17, 15) is 19.2 Å². The molecule has 3 amide bonds. The van der Waals surface area contributed by atoms with E-state index < -0.39 is 41.6 Å². The van der Waals surface area contributed by atoms with E-state index in [0.717, 1.165) is 0 Å². The predicted molar refractivity (Wildman–Crippen MR) is 76.8 cm³/mol. The van der Waals surface area contributed by atoms with Crippen LogP contribution in [0.1, 0.15) is 40.5 Å². The van der Waals surface area contributed by atoms with Crippen LogP contribution in [0.5, 0.6) is 0 Å². The van der Waals surface area contributed by atoms with Crippen LogP contribution >= 0.6 is 0 Å². The maximum atomic E-state index is 11.9. The Morgan fingerprint density at radius 2 is 1.73 bits per heavy atom. The number of carboxylic acid groups (broad SMARTS) is 1. The van der Waals surface area contributed by atoms with Gasteiger partial charge in [0, 0.05) is 6.42 Å². The van der Waals surface area contributed by atoms with E-state index in [-0.39, 0.29) is 12.8 Å². The second kappa shape index (κ2) is 8.20. The molecule has 22 heavy (non-hydrogen) atoms. The first kappa shape index (κ1) is 19.7. The number of carbonyl (C=O) groups is 4. The van der Waals surface area contributed by atoms with Gasteiger partial charge in [-0.2, -0.15) is 0 Å². The van der Waals surface area contributed by atoms with Crippen molar-refractivity contribution in [3.8, 4) is 0 Å². The summed E-state index contributed by atoms with van der Waals surface area (Å²) in [5.41, 5.74) is 4.39. The molecule has 0 saturated heterocycles. The average Bonchev–Trinajstić information content (AvgIpc) is 2.30. The number of nitrogens with one attached hydrogen (secondary N) is 2. The zero-order valence-electron chi connectivity index (χ0n) is 13.1. The molecule has 5 N–H and O–H groups in total. The van der Waals surface area contributed by atoms with Gasteiger partial charge in [-0.3, -0.25) is 14.4 Å². The van der Waals surface area contributed by atoms with Gasteiger partial charge in [-0.05, 0) is 34.1 Å². The zero-order chi connectivity index (χ0) is 17.5. The van der Waals surface area contributed by atoms with E-state index in [0.29, 0.717) is 0 Å². The molecule has 1 unspecified atom stereocenters. The van der Waals surface area contributed by atoms with E-state index in [1.807, 2.05) is 0 Å². The first-order chi connectivity index (χ1) is 9.92. The highest BCUT2D eigenvalue weighted by molar-refractivity contribution is 5.90. The highest BCUT2D eigenvalue weighted by atomic mass is 16.6. The fraction of sp³-hybridized carbons (Fsp3) is 0.692. The number of primary amides is 1. The monoisotopic (exact) mass is 317 g/mol. The largest absolute Gasteiger partial charge is 0.481 e. The molecule has 0 radical (unpaired) electrons. The second-order valence-electron chi connectivity index (χ2n) is 5.76. The fourth-order valence-electron chi connectivity index (χ4n) is 1.40. The molecule has 0 rings (SSSR count). The Morgan fingerprint density at radius 3 is 2.14 bits per heavy atom. The van der Waals surface area contributed by atoms with Crippen LogP contribution in [0.2, 0.25) is 0 Å². The number of carbonyl (C=O) groups excluding carboxylic acids is 3. The highest BCUT2D eigenvalue weighted by Crippen LogP contribution is 2.06. The normalized spacial score (nSPS) is 13.6. The molecule has 0 aromatic rings. The van der Waals surface area contributed by atoms with Crippen molar-refractivity contribution in [3.05, 3.63) is 0 Å². The third-order valence-electron chi connectivity index (χ3n) is 2.43. The average molecular weight is 317 g/mol. The summed E-state index contributed by atoms with van der Waals surface area (Å²) in [4.78, 5) is 45.1. The van der Waals surface area contributed by atoms with E-state index in [4.69, 9.17) is 15.6 Å². The van der Waals surface area contributed by atoms with Crippen molar-refractivity contribution in [1.82, 2.24) is 10.6 Å². The summed E-state index contributed by atoms with van der Waals surface area (Å²) in [6.07, 6.45) is -1.23. The van der Waals surface area contributed by atoms with Crippen molar-refractivity contribution in [1.29, 1.82) is 0 Å². The van der Waals surface area contributed by atoms with Crippen molar-refractivity contribution >= 4 is 23.9 Å². The van der Waals surface area contributed by atoms with Gasteiger partial charge in [0.05, 0.1) is 0 Å². The van der Waals surface area contributed by atoms with E-state index in [1.165, 1.54) is 6.92 Å². The Hall–Kier alpha value is -2.32. The molecule has 0 bridgehead atoms. The number of nitrogens with two attached hydrogens (primary N) is 1. The number of amides is 3. The van der Waals surface area contributed by atoms with Crippen molar-refractivity contribution in [3.63, 3.8) is 0 Å². The number of alkyl carbamates (subject to hydrolysis) is 1. The van der Waals surface area contributed by atoms with Crippen molar-refractivity contribution in [2.75, 3.05) is 0 Å². The molecule has 0 fully saturated rings. The van der Waals surface area contributed by atoms with Crippen LogP contribution in [-0.2, 0) is 19.1 Å². The molecule has 0 aromatic carbocycles. The van der Waals surface area contributed by atoms with Gasteiger partial charge in [-0.25, -0.2) is 4.79 Å². The number of aliphatic carboxylic acids is 1. The van der Waals surface area contributed by atoms with Gasteiger partial charge in [-0.15, -0.1) is 0 Å². The lowest BCUT2D eigenvalue weighted by Crippen LogP contribution is -2.52. The van der Waals surface area contributed by atoms with Crippen LogP contribution in [0, 0.1) is 0 Å². The van der Waals surface area contributed by atoms with Gasteiger partial charge < -0.3 is 26.2 Å². The number of ether oxygens (including phenoxy) is 1. The van der Waals surface area contributed by atoms with Crippen LogP contribution in [0.25, 0.3) is 0 Å². The molecule has 9 nitrogen and oxygen atoms in total. The number of rotatable bonds is 7. The van der Waals surface area contributed by atoms with Crippen molar-refractivity contribution < 1.29 is 29.0 Å². The SMILES string of the molecule is C[C@H](NC(=O)OC(C)(C)C)C(=O)NC(CCC(=O)O)C(N)=O.